The Morgan fingerprint density at radius 1 is 1.19 bits per heavy atom. The Hall–Kier alpha value is -1.62. The molecule has 1 aromatic heterocycles. The van der Waals surface area contributed by atoms with Crippen molar-refractivity contribution in [3.05, 3.63) is 64.4 Å². The van der Waals surface area contributed by atoms with Crippen LogP contribution in [-0.4, -0.2) is 63.3 Å². The van der Waals surface area contributed by atoms with Crippen LogP contribution in [-0.2, 0) is 11.3 Å². The number of aliphatic imine (C=N–C) groups is 1. The van der Waals surface area contributed by atoms with Crippen LogP contribution < -0.4 is 15.5 Å². The van der Waals surface area contributed by atoms with Crippen molar-refractivity contribution in [2.45, 2.75) is 25.6 Å². The predicted molar refractivity (Wildman–Crippen MR) is 145 cm³/mol. The Morgan fingerprint density at radius 2 is 1.97 bits per heavy atom. The largest absolute Gasteiger partial charge is 0.376 e. The molecule has 6 nitrogen and oxygen atoms in total. The smallest absolute Gasteiger partial charge is 0.191 e. The summed E-state index contributed by atoms with van der Waals surface area (Å²) in [6.45, 7) is 8.42. The minimum Gasteiger partial charge on any atom is -0.376 e. The van der Waals surface area contributed by atoms with Crippen LogP contribution in [0.25, 0.3) is 0 Å². The van der Waals surface area contributed by atoms with Crippen molar-refractivity contribution in [2.24, 2.45) is 4.99 Å². The molecule has 1 aromatic carbocycles. The number of thiophene rings is 1. The van der Waals surface area contributed by atoms with Gasteiger partial charge in [-0.3, -0.25) is 9.89 Å². The third-order valence-electron chi connectivity index (χ3n) is 5.85. The molecular formula is C24H34IN5OS. The molecule has 0 radical (unpaired) electrons. The van der Waals surface area contributed by atoms with Crippen molar-refractivity contribution in [1.29, 1.82) is 0 Å². The first kappa shape index (κ1) is 25.0. The van der Waals surface area contributed by atoms with Gasteiger partial charge in [0, 0.05) is 56.9 Å². The first-order valence-electron chi connectivity index (χ1n) is 11.1. The zero-order chi connectivity index (χ0) is 21.5. The lowest BCUT2D eigenvalue weighted by Gasteiger charge is -2.37. The Labute approximate surface area is 212 Å². The molecule has 8 heteroatoms. The van der Waals surface area contributed by atoms with E-state index in [1.165, 1.54) is 16.1 Å². The van der Waals surface area contributed by atoms with Gasteiger partial charge in [-0.15, -0.1) is 35.3 Å². The van der Waals surface area contributed by atoms with Gasteiger partial charge >= 0.3 is 0 Å². The summed E-state index contributed by atoms with van der Waals surface area (Å²) in [4.78, 5) is 10.7. The lowest BCUT2D eigenvalue weighted by Crippen LogP contribution is -2.47. The van der Waals surface area contributed by atoms with Crippen LogP contribution in [0.4, 0.5) is 5.69 Å². The van der Waals surface area contributed by atoms with Gasteiger partial charge in [-0.05, 0) is 36.1 Å². The van der Waals surface area contributed by atoms with E-state index in [0.717, 1.165) is 51.8 Å². The minimum atomic E-state index is 0. The number of rotatable bonds is 7. The monoisotopic (exact) mass is 567 g/mol. The lowest BCUT2D eigenvalue weighted by molar-refractivity contribution is -0.0334. The van der Waals surface area contributed by atoms with E-state index in [4.69, 9.17) is 4.74 Å². The van der Waals surface area contributed by atoms with Gasteiger partial charge in [-0.25, -0.2) is 0 Å². The third-order valence-corrected chi connectivity index (χ3v) is 6.82. The van der Waals surface area contributed by atoms with Crippen molar-refractivity contribution >= 4 is 47.0 Å². The number of hydrogen-bond donors (Lipinski definition) is 2. The minimum absolute atomic E-state index is 0. The van der Waals surface area contributed by atoms with E-state index < -0.39 is 0 Å². The van der Waals surface area contributed by atoms with Crippen LogP contribution in [0.5, 0.6) is 0 Å². The summed E-state index contributed by atoms with van der Waals surface area (Å²) < 4.78 is 5.75. The zero-order valence-electron chi connectivity index (χ0n) is 18.9. The summed E-state index contributed by atoms with van der Waals surface area (Å²) in [7, 11) is 1.83. The fraction of sp³-hybridized carbons (Fsp3) is 0.458. The van der Waals surface area contributed by atoms with E-state index in [9.17, 15) is 0 Å². The summed E-state index contributed by atoms with van der Waals surface area (Å²) in [6, 6.07) is 13.5. The van der Waals surface area contributed by atoms with Crippen molar-refractivity contribution in [3.63, 3.8) is 0 Å². The van der Waals surface area contributed by atoms with Crippen LogP contribution in [0.1, 0.15) is 23.4 Å². The fourth-order valence-electron chi connectivity index (χ4n) is 4.13. The molecule has 32 heavy (non-hydrogen) atoms. The maximum atomic E-state index is 5.75. The number of anilines is 1. The summed E-state index contributed by atoms with van der Waals surface area (Å²) in [5.74, 6) is 0.829. The number of guanidine groups is 1. The topological polar surface area (TPSA) is 52.1 Å². The number of ether oxygens (including phenoxy) is 1. The highest BCUT2D eigenvalue weighted by Gasteiger charge is 2.26. The highest BCUT2D eigenvalue weighted by atomic mass is 127. The van der Waals surface area contributed by atoms with Crippen LogP contribution in [0.2, 0.25) is 0 Å². The van der Waals surface area contributed by atoms with E-state index in [1.807, 2.05) is 18.4 Å². The Kier molecular flexibility index (Phi) is 9.83. The maximum absolute atomic E-state index is 5.75. The summed E-state index contributed by atoms with van der Waals surface area (Å²) in [6.07, 6.45) is 4.70. The van der Waals surface area contributed by atoms with Gasteiger partial charge in [0.05, 0.1) is 18.8 Å². The van der Waals surface area contributed by atoms with Gasteiger partial charge in [0.25, 0.3) is 0 Å². The molecule has 174 valence electrons. The molecule has 0 aliphatic carbocycles. The molecule has 0 amide bonds. The van der Waals surface area contributed by atoms with E-state index >= 15 is 0 Å². The summed E-state index contributed by atoms with van der Waals surface area (Å²) in [5, 5.41) is 9.16. The SMILES string of the molecule is CN=C(NCc1ccc(N2CC=CC2)cc1)NCC(c1cccs1)N1CCOC(C)C1.I. The number of morpholine rings is 1. The van der Waals surface area contributed by atoms with Gasteiger partial charge in [-0.1, -0.05) is 30.4 Å². The average Bonchev–Trinajstić information content (AvgIpc) is 3.51. The Bertz CT molecular complexity index is 863. The molecule has 2 atom stereocenters. The second kappa shape index (κ2) is 12.6. The molecule has 2 unspecified atom stereocenters. The molecule has 0 bridgehead atoms. The molecule has 0 saturated carbocycles. The molecule has 2 aliphatic rings. The molecule has 1 saturated heterocycles. The highest BCUT2D eigenvalue weighted by Crippen LogP contribution is 2.26. The molecule has 0 spiro atoms. The third kappa shape index (κ3) is 6.69. The first-order chi connectivity index (χ1) is 15.2. The van der Waals surface area contributed by atoms with Gasteiger partial charge in [0.2, 0.25) is 0 Å². The van der Waals surface area contributed by atoms with E-state index in [2.05, 4.69) is 86.3 Å². The number of hydrogen-bond acceptors (Lipinski definition) is 5. The second-order valence-corrected chi connectivity index (χ2v) is 9.04. The molecule has 2 aromatic rings. The molecule has 3 heterocycles. The van der Waals surface area contributed by atoms with Crippen LogP contribution in [0.3, 0.4) is 0 Å². The molecule has 1 fully saturated rings. The van der Waals surface area contributed by atoms with Crippen molar-refractivity contribution in [3.8, 4) is 0 Å². The van der Waals surface area contributed by atoms with E-state index in [-0.39, 0.29) is 30.1 Å². The molecule has 2 N–H and O–H groups in total. The molecule has 4 rings (SSSR count). The summed E-state index contributed by atoms with van der Waals surface area (Å²) >= 11 is 1.82. The summed E-state index contributed by atoms with van der Waals surface area (Å²) in [5.41, 5.74) is 2.52. The molecular weight excluding hydrogens is 533 g/mol. The molecule has 2 aliphatic heterocycles. The van der Waals surface area contributed by atoms with Crippen LogP contribution in [0, 0.1) is 0 Å². The van der Waals surface area contributed by atoms with Gasteiger partial charge < -0.3 is 20.3 Å². The van der Waals surface area contributed by atoms with Crippen LogP contribution >= 0.6 is 35.3 Å². The van der Waals surface area contributed by atoms with E-state index in [0.29, 0.717) is 6.04 Å². The van der Waals surface area contributed by atoms with Crippen molar-refractivity contribution < 1.29 is 4.74 Å². The number of benzene rings is 1. The van der Waals surface area contributed by atoms with Gasteiger partial charge in [0.15, 0.2) is 5.96 Å². The average molecular weight is 568 g/mol. The van der Waals surface area contributed by atoms with Crippen molar-refractivity contribution in [1.82, 2.24) is 15.5 Å². The van der Waals surface area contributed by atoms with Crippen LogP contribution in [0.15, 0.2) is 58.9 Å². The van der Waals surface area contributed by atoms with E-state index in [1.54, 1.807) is 0 Å². The number of halogens is 1. The second-order valence-electron chi connectivity index (χ2n) is 8.06. The fourth-order valence-corrected chi connectivity index (χ4v) is 4.99. The van der Waals surface area contributed by atoms with Crippen molar-refractivity contribution in [2.75, 3.05) is 51.3 Å². The highest BCUT2D eigenvalue weighted by molar-refractivity contribution is 14.0. The zero-order valence-corrected chi connectivity index (χ0v) is 22.0. The maximum Gasteiger partial charge on any atom is 0.191 e. The Balaban J connectivity index is 0.00000289. The Morgan fingerprint density at radius 3 is 2.62 bits per heavy atom. The first-order valence-corrected chi connectivity index (χ1v) is 11.9. The van der Waals surface area contributed by atoms with Gasteiger partial charge in [0.1, 0.15) is 0 Å². The lowest BCUT2D eigenvalue weighted by atomic mass is 10.1. The van der Waals surface area contributed by atoms with Gasteiger partial charge in [-0.2, -0.15) is 0 Å². The number of nitrogens with zero attached hydrogens (tertiary/aromatic N) is 3. The quantitative estimate of drug-likeness (QED) is 0.230. The normalized spacial score (nSPS) is 20.1. The standard InChI is InChI=1S/C24H33N5OS.HI/c1-19-18-29(13-14-30-19)22(23-6-5-15-31-23)17-27-24(25-2)26-16-20-7-9-21(10-8-20)28-11-3-4-12-28;/h3-10,15,19,22H,11-14,16-18H2,1-2H3,(H2,25,26,27);1H. The number of nitrogens with one attached hydrogen (secondary N) is 2. The predicted octanol–water partition coefficient (Wildman–Crippen LogP) is 3.87.